The lowest BCUT2D eigenvalue weighted by Crippen LogP contribution is -1.98. The summed E-state index contributed by atoms with van der Waals surface area (Å²) in [6.45, 7) is 4.65. The molecule has 0 aliphatic rings. The van der Waals surface area contributed by atoms with Crippen LogP contribution in [0.1, 0.15) is 12.7 Å². The molecule has 0 atom stereocenters. The number of hydrogen-bond donors (Lipinski definition) is 1. The minimum Gasteiger partial charge on any atom is -0.436 e. The van der Waals surface area contributed by atoms with Crippen molar-refractivity contribution in [1.29, 1.82) is 0 Å². The summed E-state index contributed by atoms with van der Waals surface area (Å²) in [5, 5.41) is 7.09. The average molecular weight is 233 g/mol. The zero-order chi connectivity index (χ0) is 12.3. The summed E-state index contributed by atoms with van der Waals surface area (Å²) < 4.78 is 7.40. The molecule has 2 heterocycles. The normalized spacial score (nSPS) is 10.3. The maximum absolute atomic E-state index is 5.61. The number of nitrogens with one attached hydrogen (secondary N) is 1. The summed E-state index contributed by atoms with van der Waals surface area (Å²) in [4.78, 5) is 8.39. The Balaban J connectivity index is 2.20. The van der Waals surface area contributed by atoms with Crippen LogP contribution in [0.25, 0.3) is 0 Å². The van der Waals surface area contributed by atoms with Crippen molar-refractivity contribution in [2.75, 3.05) is 12.4 Å². The Hall–Kier alpha value is -2.11. The van der Waals surface area contributed by atoms with Gasteiger partial charge in [-0.1, -0.05) is 0 Å². The van der Waals surface area contributed by atoms with E-state index in [1.54, 1.807) is 24.0 Å². The fourth-order valence-electron chi connectivity index (χ4n) is 1.41. The Bertz CT molecular complexity index is 508. The standard InChI is InChI=1S/C11H15N5O/c1-4-16-7-9(6-13-16)17-11-5-10(12-3)14-8(2)15-11/h5-7H,4H2,1-3H3,(H,12,14,15). The lowest BCUT2D eigenvalue weighted by Gasteiger charge is -2.05. The van der Waals surface area contributed by atoms with Gasteiger partial charge in [-0.3, -0.25) is 4.68 Å². The van der Waals surface area contributed by atoms with Crippen LogP contribution >= 0.6 is 0 Å². The number of hydrogen-bond acceptors (Lipinski definition) is 5. The molecular formula is C11H15N5O. The molecule has 6 heteroatoms. The van der Waals surface area contributed by atoms with Crippen molar-refractivity contribution >= 4 is 5.82 Å². The van der Waals surface area contributed by atoms with Gasteiger partial charge in [0.1, 0.15) is 11.6 Å². The Morgan fingerprint density at radius 3 is 2.88 bits per heavy atom. The van der Waals surface area contributed by atoms with Gasteiger partial charge >= 0.3 is 0 Å². The minimum absolute atomic E-state index is 0.512. The number of aryl methyl sites for hydroxylation is 2. The number of nitrogens with zero attached hydrogens (tertiary/aromatic N) is 4. The molecular weight excluding hydrogens is 218 g/mol. The molecule has 6 nitrogen and oxygen atoms in total. The Morgan fingerprint density at radius 1 is 1.41 bits per heavy atom. The Labute approximate surface area is 99.7 Å². The van der Waals surface area contributed by atoms with E-state index >= 15 is 0 Å². The van der Waals surface area contributed by atoms with Gasteiger partial charge in [0.25, 0.3) is 0 Å². The molecule has 0 saturated heterocycles. The average Bonchev–Trinajstić information content (AvgIpc) is 2.76. The van der Waals surface area contributed by atoms with Crippen LogP contribution in [-0.4, -0.2) is 26.8 Å². The van der Waals surface area contributed by atoms with Gasteiger partial charge in [0.05, 0.1) is 12.4 Å². The smallest absolute Gasteiger partial charge is 0.224 e. The fourth-order valence-corrected chi connectivity index (χ4v) is 1.41. The van der Waals surface area contributed by atoms with E-state index in [4.69, 9.17) is 4.74 Å². The number of ether oxygens (including phenoxy) is 1. The Morgan fingerprint density at radius 2 is 2.24 bits per heavy atom. The third-order valence-electron chi connectivity index (χ3n) is 2.23. The molecule has 0 aromatic carbocycles. The first kappa shape index (κ1) is 11.4. The van der Waals surface area contributed by atoms with Gasteiger partial charge in [-0.25, -0.2) is 4.98 Å². The zero-order valence-corrected chi connectivity index (χ0v) is 10.1. The Kier molecular flexibility index (Phi) is 3.22. The van der Waals surface area contributed by atoms with Crippen molar-refractivity contribution in [3.05, 3.63) is 24.3 Å². The highest BCUT2D eigenvalue weighted by molar-refractivity contribution is 5.38. The van der Waals surface area contributed by atoms with Crippen LogP contribution in [0.3, 0.4) is 0 Å². The largest absolute Gasteiger partial charge is 0.436 e. The van der Waals surface area contributed by atoms with E-state index in [2.05, 4.69) is 20.4 Å². The maximum Gasteiger partial charge on any atom is 0.224 e. The molecule has 90 valence electrons. The highest BCUT2D eigenvalue weighted by atomic mass is 16.5. The summed E-state index contributed by atoms with van der Waals surface area (Å²) >= 11 is 0. The van der Waals surface area contributed by atoms with Crippen molar-refractivity contribution in [3.63, 3.8) is 0 Å². The van der Waals surface area contributed by atoms with E-state index in [1.807, 2.05) is 20.0 Å². The zero-order valence-electron chi connectivity index (χ0n) is 10.1. The molecule has 2 aromatic rings. The highest BCUT2D eigenvalue weighted by Crippen LogP contribution is 2.20. The molecule has 2 aromatic heterocycles. The van der Waals surface area contributed by atoms with Crippen LogP contribution in [-0.2, 0) is 6.54 Å². The van der Waals surface area contributed by atoms with Crippen LogP contribution in [0.4, 0.5) is 5.82 Å². The third-order valence-corrected chi connectivity index (χ3v) is 2.23. The first-order valence-electron chi connectivity index (χ1n) is 5.45. The van der Waals surface area contributed by atoms with Crippen LogP contribution in [0, 0.1) is 6.92 Å². The second-order valence-electron chi connectivity index (χ2n) is 3.52. The lowest BCUT2D eigenvalue weighted by atomic mass is 10.5. The van der Waals surface area contributed by atoms with Crippen molar-refractivity contribution in [2.24, 2.45) is 0 Å². The summed E-state index contributed by atoms with van der Waals surface area (Å²) in [6.07, 6.45) is 3.50. The maximum atomic E-state index is 5.61. The SMILES string of the molecule is CCn1cc(Oc2cc(NC)nc(C)n2)cn1. The molecule has 0 spiro atoms. The van der Waals surface area contributed by atoms with Gasteiger partial charge in [0.15, 0.2) is 5.75 Å². The van der Waals surface area contributed by atoms with E-state index in [0.29, 0.717) is 17.5 Å². The van der Waals surface area contributed by atoms with E-state index in [0.717, 1.165) is 12.4 Å². The van der Waals surface area contributed by atoms with Crippen molar-refractivity contribution in [1.82, 2.24) is 19.7 Å². The summed E-state index contributed by atoms with van der Waals surface area (Å²) in [6, 6.07) is 1.75. The molecule has 0 aliphatic heterocycles. The van der Waals surface area contributed by atoms with Crippen LogP contribution < -0.4 is 10.1 Å². The molecule has 2 rings (SSSR count). The summed E-state index contributed by atoms with van der Waals surface area (Å²) in [7, 11) is 1.81. The van der Waals surface area contributed by atoms with E-state index in [9.17, 15) is 0 Å². The highest BCUT2D eigenvalue weighted by Gasteiger charge is 2.04. The molecule has 0 aliphatic carbocycles. The third kappa shape index (κ3) is 2.72. The minimum atomic E-state index is 0.512. The number of anilines is 1. The van der Waals surface area contributed by atoms with Gasteiger partial charge < -0.3 is 10.1 Å². The van der Waals surface area contributed by atoms with E-state index < -0.39 is 0 Å². The van der Waals surface area contributed by atoms with E-state index in [-0.39, 0.29) is 0 Å². The first-order chi connectivity index (χ1) is 8.21. The van der Waals surface area contributed by atoms with Crippen molar-refractivity contribution < 1.29 is 4.74 Å². The van der Waals surface area contributed by atoms with Gasteiger partial charge in [-0.2, -0.15) is 10.1 Å². The second kappa shape index (κ2) is 4.82. The molecule has 1 N–H and O–H groups in total. The molecule has 17 heavy (non-hydrogen) atoms. The lowest BCUT2D eigenvalue weighted by molar-refractivity contribution is 0.459. The van der Waals surface area contributed by atoms with Gasteiger partial charge in [-0.05, 0) is 13.8 Å². The van der Waals surface area contributed by atoms with Crippen molar-refractivity contribution in [3.8, 4) is 11.6 Å². The number of aromatic nitrogens is 4. The van der Waals surface area contributed by atoms with Crippen LogP contribution in [0.5, 0.6) is 11.6 Å². The van der Waals surface area contributed by atoms with Gasteiger partial charge in [0, 0.05) is 19.7 Å². The molecule has 0 unspecified atom stereocenters. The molecule has 0 radical (unpaired) electrons. The molecule has 0 amide bonds. The van der Waals surface area contributed by atoms with Gasteiger partial charge in [-0.15, -0.1) is 0 Å². The topological polar surface area (TPSA) is 64.9 Å². The first-order valence-corrected chi connectivity index (χ1v) is 5.45. The van der Waals surface area contributed by atoms with Crippen LogP contribution in [0.2, 0.25) is 0 Å². The summed E-state index contributed by atoms with van der Waals surface area (Å²) in [5.74, 6) is 2.58. The molecule has 0 bridgehead atoms. The quantitative estimate of drug-likeness (QED) is 0.872. The monoisotopic (exact) mass is 233 g/mol. The van der Waals surface area contributed by atoms with Crippen molar-refractivity contribution in [2.45, 2.75) is 20.4 Å². The predicted molar refractivity (Wildman–Crippen MR) is 64.3 cm³/mol. The van der Waals surface area contributed by atoms with Crippen LogP contribution in [0.15, 0.2) is 18.5 Å². The molecule has 0 saturated carbocycles. The van der Waals surface area contributed by atoms with E-state index in [1.165, 1.54) is 0 Å². The van der Waals surface area contributed by atoms with Gasteiger partial charge in [0.2, 0.25) is 5.88 Å². The second-order valence-corrected chi connectivity index (χ2v) is 3.52. The summed E-state index contributed by atoms with van der Waals surface area (Å²) in [5.41, 5.74) is 0. The number of rotatable bonds is 4. The molecule has 0 fully saturated rings. The fraction of sp³-hybridized carbons (Fsp3) is 0.364. The predicted octanol–water partition coefficient (Wildman–Crippen LogP) is 1.84.